The van der Waals surface area contributed by atoms with E-state index in [4.69, 9.17) is 4.74 Å². The van der Waals surface area contributed by atoms with Crippen LogP contribution in [0.15, 0.2) is 60.7 Å². The number of nitrogens with zero attached hydrogens (tertiary/aromatic N) is 1. The number of aromatic hydroxyl groups is 1. The molecule has 5 nitrogen and oxygen atoms in total. The van der Waals surface area contributed by atoms with Crippen molar-refractivity contribution >= 4 is 11.6 Å². The number of phenolic OH excluding ortho intramolecular Hbond substituents is 1. The largest absolute Gasteiger partial charge is 0.503 e. The Morgan fingerprint density at radius 2 is 1.72 bits per heavy atom. The highest BCUT2D eigenvalue weighted by atomic mass is 19.1. The normalized spacial score (nSPS) is 11.1. The third-order valence-corrected chi connectivity index (χ3v) is 5.27. The Balaban J connectivity index is 1.84. The number of amides is 1. The van der Waals surface area contributed by atoms with Gasteiger partial charge in [0.15, 0.2) is 11.6 Å². The Kier molecular flexibility index (Phi) is 6.92. The standard InChI is InChI=1S/C26H25FN2O3/c1-17-20(14-28)23(24(30)22(27)21(17)19-12-8-5-9-13-19)29-25(31)26(2,3)16-32-15-18-10-6-4-7-11-18/h4-13,30H,15-16H2,1-3H3,(H,29,31). The maximum atomic E-state index is 15.1. The van der Waals surface area contributed by atoms with Gasteiger partial charge in [-0.1, -0.05) is 60.7 Å². The van der Waals surface area contributed by atoms with Gasteiger partial charge in [0.2, 0.25) is 5.91 Å². The highest BCUT2D eigenvalue weighted by Crippen LogP contribution is 2.41. The zero-order valence-electron chi connectivity index (χ0n) is 18.3. The van der Waals surface area contributed by atoms with Gasteiger partial charge in [-0.15, -0.1) is 0 Å². The van der Waals surface area contributed by atoms with Gasteiger partial charge in [0, 0.05) is 5.56 Å². The van der Waals surface area contributed by atoms with Crippen LogP contribution in [0.4, 0.5) is 10.1 Å². The number of hydrogen-bond acceptors (Lipinski definition) is 4. The molecule has 6 heteroatoms. The molecule has 0 aliphatic carbocycles. The summed E-state index contributed by atoms with van der Waals surface area (Å²) in [5.74, 6) is -2.15. The van der Waals surface area contributed by atoms with Crippen molar-refractivity contribution in [3.63, 3.8) is 0 Å². The van der Waals surface area contributed by atoms with E-state index < -0.39 is 22.9 Å². The Hall–Kier alpha value is -3.69. The van der Waals surface area contributed by atoms with Gasteiger partial charge in [-0.25, -0.2) is 4.39 Å². The molecule has 0 aromatic heterocycles. The van der Waals surface area contributed by atoms with Crippen molar-refractivity contribution in [1.82, 2.24) is 0 Å². The van der Waals surface area contributed by atoms with Crippen molar-refractivity contribution in [3.8, 4) is 22.9 Å². The van der Waals surface area contributed by atoms with E-state index in [-0.39, 0.29) is 23.4 Å². The first kappa shape index (κ1) is 23.0. The molecular formula is C26H25FN2O3. The van der Waals surface area contributed by atoms with Crippen LogP contribution in [0.25, 0.3) is 11.1 Å². The van der Waals surface area contributed by atoms with Gasteiger partial charge >= 0.3 is 0 Å². The van der Waals surface area contributed by atoms with Crippen molar-refractivity contribution in [1.29, 1.82) is 5.26 Å². The number of ether oxygens (including phenoxy) is 1. The fraction of sp³-hybridized carbons (Fsp3) is 0.231. The Labute approximate surface area is 187 Å². The van der Waals surface area contributed by atoms with Crippen LogP contribution < -0.4 is 5.32 Å². The van der Waals surface area contributed by atoms with Gasteiger partial charge in [-0.05, 0) is 37.5 Å². The summed E-state index contributed by atoms with van der Waals surface area (Å²) in [5, 5.41) is 22.8. The summed E-state index contributed by atoms with van der Waals surface area (Å²) in [6, 6.07) is 20.2. The first-order valence-corrected chi connectivity index (χ1v) is 10.2. The molecule has 0 spiro atoms. The van der Waals surface area contributed by atoms with E-state index in [0.717, 1.165) is 5.56 Å². The summed E-state index contributed by atoms with van der Waals surface area (Å²) in [5.41, 5.74) is 0.756. The van der Waals surface area contributed by atoms with E-state index in [0.29, 0.717) is 17.7 Å². The molecule has 3 aromatic carbocycles. The second-order valence-electron chi connectivity index (χ2n) is 8.21. The molecule has 0 radical (unpaired) electrons. The third kappa shape index (κ3) is 4.79. The van der Waals surface area contributed by atoms with Crippen LogP contribution in [-0.4, -0.2) is 17.6 Å². The molecule has 0 saturated carbocycles. The molecule has 1 amide bonds. The lowest BCUT2D eigenvalue weighted by molar-refractivity contribution is -0.127. The zero-order chi connectivity index (χ0) is 23.3. The maximum Gasteiger partial charge on any atom is 0.232 e. The number of benzene rings is 3. The summed E-state index contributed by atoms with van der Waals surface area (Å²) in [6.07, 6.45) is 0. The Morgan fingerprint density at radius 3 is 2.31 bits per heavy atom. The maximum absolute atomic E-state index is 15.1. The predicted molar refractivity (Wildman–Crippen MR) is 121 cm³/mol. The average Bonchev–Trinajstić information content (AvgIpc) is 2.79. The second-order valence-corrected chi connectivity index (χ2v) is 8.21. The number of halogens is 1. The molecule has 0 aliphatic rings. The highest BCUT2D eigenvalue weighted by Gasteiger charge is 2.31. The molecule has 0 atom stereocenters. The molecule has 2 N–H and O–H groups in total. The van der Waals surface area contributed by atoms with Crippen LogP contribution in [0.2, 0.25) is 0 Å². The van der Waals surface area contributed by atoms with Crippen LogP contribution in [0.3, 0.4) is 0 Å². The molecule has 0 aliphatic heterocycles. The van der Waals surface area contributed by atoms with E-state index in [1.165, 1.54) is 0 Å². The molecule has 3 rings (SSSR count). The molecule has 0 unspecified atom stereocenters. The number of anilines is 1. The summed E-state index contributed by atoms with van der Waals surface area (Å²) in [4.78, 5) is 12.9. The van der Waals surface area contributed by atoms with E-state index in [9.17, 15) is 15.2 Å². The molecule has 3 aromatic rings. The fourth-order valence-corrected chi connectivity index (χ4v) is 3.38. The second kappa shape index (κ2) is 9.63. The van der Waals surface area contributed by atoms with Crippen LogP contribution in [0, 0.1) is 29.5 Å². The first-order valence-electron chi connectivity index (χ1n) is 10.2. The molecule has 0 fully saturated rings. The molecule has 0 bridgehead atoms. The Bertz CT molecular complexity index is 1150. The van der Waals surface area contributed by atoms with Crippen molar-refractivity contribution < 1.29 is 19.0 Å². The van der Waals surface area contributed by atoms with E-state index in [1.54, 1.807) is 51.1 Å². The fourth-order valence-electron chi connectivity index (χ4n) is 3.38. The first-order chi connectivity index (χ1) is 15.3. The van der Waals surface area contributed by atoms with Gasteiger partial charge in [0.1, 0.15) is 11.8 Å². The van der Waals surface area contributed by atoms with Crippen LogP contribution in [0.5, 0.6) is 5.75 Å². The SMILES string of the molecule is Cc1c(C#N)c(NC(=O)C(C)(C)COCc2ccccc2)c(O)c(F)c1-c1ccccc1. The monoisotopic (exact) mass is 432 g/mol. The Morgan fingerprint density at radius 1 is 1.12 bits per heavy atom. The third-order valence-electron chi connectivity index (χ3n) is 5.27. The lowest BCUT2D eigenvalue weighted by atomic mass is 9.91. The average molecular weight is 432 g/mol. The lowest BCUT2D eigenvalue weighted by Gasteiger charge is -2.25. The molecular weight excluding hydrogens is 407 g/mol. The number of nitrogens with one attached hydrogen (secondary N) is 1. The number of nitriles is 1. The van der Waals surface area contributed by atoms with Crippen molar-refractivity contribution in [2.75, 3.05) is 11.9 Å². The van der Waals surface area contributed by atoms with Gasteiger partial charge in [0.05, 0.1) is 24.2 Å². The van der Waals surface area contributed by atoms with Crippen molar-refractivity contribution in [2.45, 2.75) is 27.4 Å². The number of phenols is 1. The van der Waals surface area contributed by atoms with Crippen molar-refractivity contribution in [2.24, 2.45) is 5.41 Å². The van der Waals surface area contributed by atoms with Gasteiger partial charge in [-0.3, -0.25) is 4.79 Å². The number of carbonyl (C=O) groups is 1. The quantitative estimate of drug-likeness (QED) is 0.479. The number of hydrogen-bond donors (Lipinski definition) is 2. The van der Waals surface area contributed by atoms with Gasteiger partial charge in [-0.2, -0.15) is 5.26 Å². The van der Waals surface area contributed by atoms with E-state index >= 15 is 4.39 Å². The lowest BCUT2D eigenvalue weighted by Crippen LogP contribution is -2.35. The molecule has 0 heterocycles. The number of rotatable bonds is 7. The summed E-state index contributed by atoms with van der Waals surface area (Å²) in [7, 11) is 0. The minimum Gasteiger partial charge on any atom is -0.503 e. The van der Waals surface area contributed by atoms with E-state index in [2.05, 4.69) is 5.32 Å². The van der Waals surface area contributed by atoms with Crippen LogP contribution in [-0.2, 0) is 16.1 Å². The summed E-state index contributed by atoms with van der Waals surface area (Å²) in [6.45, 7) is 5.38. The van der Waals surface area contributed by atoms with Gasteiger partial charge in [0.25, 0.3) is 0 Å². The minimum absolute atomic E-state index is 0.0112. The summed E-state index contributed by atoms with van der Waals surface area (Å²) >= 11 is 0. The minimum atomic E-state index is -0.990. The number of carbonyl (C=O) groups excluding carboxylic acids is 1. The summed E-state index contributed by atoms with van der Waals surface area (Å²) < 4.78 is 20.8. The van der Waals surface area contributed by atoms with Crippen LogP contribution >= 0.6 is 0 Å². The highest BCUT2D eigenvalue weighted by molar-refractivity contribution is 5.98. The molecule has 164 valence electrons. The molecule has 32 heavy (non-hydrogen) atoms. The zero-order valence-corrected chi connectivity index (χ0v) is 18.3. The predicted octanol–water partition coefficient (Wildman–Crippen LogP) is 5.56. The van der Waals surface area contributed by atoms with Gasteiger partial charge < -0.3 is 15.2 Å². The van der Waals surface area contributed by atoms with E-state index in [1.807, 2.05) is 36.4 Å². The van der Waals surface area contributed by atoms with Crippen LogP contribution in [0.1, 0.15) is 30.5 Å². The topological polar surface area (TPSA) is 82.4 Å². The smallest absolute Gasteiger partial charge is 0.232 e. The molecule has 0 saturated heterocycles. The van der Waals surface area contributed by atoms with Crippen molar-refractivity contribution in [3.05, 3.63) is 83.2 Å².